The average Bonchev–Trinajstić information content (AvgIpc) is 2.69. The standard InChI is InChI=1S/C21H23BrN2O3/c22-15-10-12-17(13-11-15)27-14-20(25)24-19-9-5-4-8-18(19)21(26)23-16-6-2-1-3-7-16/h4-5,8-13,16H,1-3,6-7,14H2,(H,23,26)(H,24,25). The summed E-state index contributed by atoms with van der Waals surface area (Å²) in [6.07, 6.45) is 5.56. The van der Waals surface area contributed by atoms with Crippen molar-refractivity contribution in [2.75, 3.05) is 11.9 Å². The van der Waals surface area contributed by atoms with Gasteiger partial charge < -0.3 is 15.4 Å². The van der Waals surface area contributed by atoms with Gasteiger partial charge in [-0.15, -0.1) is 0 Å². The Morgan fingerprint density at radius 2 is 1.70 bits per heavy atom. The lowest BCUT2D eigenvalue weighted by atomic mass is 9.95. The van der Waals surface area contributed by atoms with E-state index < -0.39 is 0 Å². The Balaban J connectivity index is 1.58. The van der Waals surface area contributed by atoms with Crippen LogP contribution in [0.3, 0.4) is 0 Å². The number of rotatable bonds is 6. The fourth-order valence-corrected chi connectivity index (χ4v) is 3.43. The van der Waals surface area contributed by atoms with Crippen LogP contribution >= 0.6 is 15.9 Å². The van der Waals surface area contributed by atoms with Crippen molar-refractivity contribution < 1.29 is 14.3 Å². The van der Waals surface area contributed by atoms with Crippen molar-refractivity contribution in [3.05, 3.63) is 58.6 Å². The first-order valence-electron chi connectivity index (χ1n) is 9.20. The van der Waals surface area contributed by atoms with E-state index >= 15 is 0 Å². The van der Waals surface area contributed by atoms with Crippen LogP contribution in [0.5, 0.6) is 5.75 Å². The molecule has 0 atom stereocenters. The lowest BCUT2D eigenvalue weighted by molar-refractivity contribution is -0.118. The van der Waals surface area contributed by atoms with Gasteiger partial charge >= 0.3 is 0 Å². The van der Waals surface area contributed by atoms with Crippen LogP contribution in [0, 0.1) is 0 Å². The Hall–Kier alpha value is -2.34. The molecule has 0 bridgehead atoms. The summed E-state index contributed by atoms with van der Waals surface area (Å²) >= 11 is 3.35. The number of carbonyl (C=O) groups excluding carboxylic acids is 2. The SMILES string of the molecule is O=C(COc1ccc(Br)cc1)Nc1ccccc1C(=O)NC1CCCCC1. The first-order valence-corrected chi connectivity index (χ1v) is 9.99. The number of nitrogens with one attached hydrogen (secondary N) is 2. The number of benzene rings is 2. The molecule has 0 unspecified atom stereocenters. The van der Waals surface area contributed by atoms with Gasteiger partial charge in [0.2, 0.25) is 0 Å². The molecule has 0 radical (unpaired) electrons. The fourth-order valence-electron chi connectivity index (χ4n) is 3.17. The summed E-state index contributed by atoms with van der Waals surface area (Å²) in [5, 5.41) is 5.86. The van der Waals surface area contributed by atoms with E-state index in [9.17, 15) is 9.59 Å². The van der Waals surface area contributed by atoms with Gasteiger partial charge in [0.1, 0.15) is 5.75 Å². The first kappa shape index (κ1) is 19.4. The Morgan fingerprint density at radius 1 is 1.00 bits per heavy atom. The van der Waals surface area contributed by atoms with Crippen molar-refractivity contribution >= 4 is 33.4 Å². The second-order valence-electron chi connectivity index (χ2n) is 6.64. The van der Waals surface area contributed by atoms with E-state index in [1.165, 1.54) is 6.42 Å². The van der Waals surface area contributed by atoms with Crippen molar-refractivity contribution in [2.45, 2.75) is 38.1 Å². The molecule has 27 heavy (non-hydrogen) atoms. The van der Waals surface area contributed by atoms with Crippen LogP contribution in [0.15, 0.2) is 53.0 Å². The highest BCUT2D eigenvalue weighted by molar-refractivity contribution is 9.10. The van der Waals surface area contributed by atoms with Gasteiger partial charge in [-0.05, 0) is 49.2 Å². The highest BCUT2D eigenvalue weighted by Gasteiger charge is 2.19. The van der Waals surface area contributed by atoms with Gasteiger partial charge in [-0.2, -0.15) is 0 Å². The number of amides is 2. The van der Waals surface area contributed by atoms with Gasteiger partial charge in [0.05, 0.1) is 11.3 Å². The molecule has 2 aromatic carbocycles. The minimum atomic E-state index is -0.309. The molecule has 5 nitrogen and oxygen atoms in total. The van der Waals surface area contributed by atoms with Crippen molar-refractivity contribution in [1.82, 2.24) is 5.32 Å². The zero-order valence-corrected chi connectivity index (χ0v) is 16.6. The Labute approximate surface area is 167 Å². The number of hydrogen-bond donors (Lipinski definition) is 2. The molecule has 1 aliphatic rings. The zero-order valence-electron chi connectivity index (χ0n) is 15.0. The highest BCUT2D eigenvalue weighted by Crippen LogP contribution is 2.20. The van der Waals surface area contributed by atoms with E-state index in [1.54, 1.807) is 36.4 Å². The van der Waals surface area contributed by atoms with Crippen LogP contribution in [-0.2, 0) is 4.79 Å². The maximum absolute atomic E-state index is 12.6. The maximum Gasteiger partial charge on any atom is 0.262 e. The highest BCUT2D eigenvalue weighted by atomic mass is 79.9. The van der Waals surface area contributed by atoms with Gasteiger partial charge in [0.15, 0.2) is 6.61 Å². The summed E-state index contributed by atoms with van der Waals surface area (Å²) in [5.74, 6) is 0.152. The third-order valence-electron chi connectivity index (χ3n) is 4.57. The minimum absolute atomic E-state index is 0.125. The Kier molecular flexibility index (Phi) is 6.87. The molecule has 1 fully saturated rings. The van der Waals surface area contributed by atoms with Crippen LogP contribution < -0.4 is 15.4 Å². The average molecular weight is 431 g/mol. The molecule has 0 heterocycles. The van der Waals surface area contributed by atoms with E-state index in [2.05, 4.69) is 26.6 Å². The topological polar surface area (TPSA) is 67.4 Å². The van der Waals surface area contributed by atoms with E-state index in [0.29, 0.717) is 17.0 Å². The monoisotopic (exact) mass is 430 g/mol. The maximum atomic E-state index is 12.6. The molecule has 0 aromatic heterocycles. The van der Waals surface area contributed by atoms with Crippen molar-refractivity contribution in [3.63, 3.8) is 0 Å². The lowest BCUT2D eigenvalue weighted by Gasteiger charge is -2.23. The molecular formula is C21H23BrN2O3. The fraction of sp³-hybridized carbons (Fsp3) is 0.333. The smallest absolute Gasteiger partial charge is 0.262 e. The first-order chi connectivity index (χ1) is 13.1. The number of halogens is 1. The molecule has 1 aliphatic carbocycles. The Bertz CT molecular complexity index is 786. The van der Waals surface area contributed by atoms with Crippen molar-refractivity contribution in [2.24, 2.45) is 0 Å². The molecule has 142 valence electrons. The van der Waals surface area contributed by atoms with Crippen LogP contribution in [0.1, 0.15) is 42.5 Å². The molecule has 2 amide bonds. The van der Waals surface area contributed by atoms with Gasteiger partial charge in [0, 0.05) is 10.5 Å². The zero-order chi connectivity index (χ0) is 19.1. The summed E-state index contributed by atoms with van der Waals surface area (Å²) in [6, 6.07) is 14.5. The minimum Gasteiger partial charge on any atom is -0.484 e. The third-order valence-corrected chi connectivity index (χ3v) is 5.10. The molecule has 1 saturated carbocycles. The quantitative estimate of drug-likeness (QED) is 0.707. The number of anilines is 1. The number of hydrogen-bond acceptors (Lipinski definition) is 3. The van der Waals surface area contributed by atoms with Crippen LogP contribution in [0.25, 0.3) is 0 Å². The molecule has 0 saturated heterocycles. The molecule has 0 spiro atoms. The number of carbonyl (C=O) groups is 2. The lowest BCUT2D eigenvalue weighted by Crippen LogP contribution is -2.36. The van der Waals surface area contributed by atoms with Crippen LogP contribution in [0.4, 0.5) is 5.69 Å². The predicted octanol–water partition coefficient (Wildman–Crippen LogP) is 4.53. The second-order valence-corrected chi connectivity index (χ2v) is 7.56. The summed E-state index contributed by atoms with van der Waals surface area (Å²) in [6.45, 7) is -0.125. The van der Waals surface area contributed by atoms with E-state index in [4.69, 9.17) is 4.74 Å². The number of ether oxygens (including phenoxy) is 1. The summed E-state index contributed by atoms with van der Waals surface area (Å²) in [5.41, 5.74) is 0.968. The summed E-state index contributed by atoms with van der Waals surface area (Å²) < 4.78 is 6.43. The molecule has 0 aliphatic heterocycles. The number of para-hydroxylation sites is 1. The van der Waals surface area contributed by atoms with Gasteiger partial charge in [-0.3, -0.25) is 9.59 Å². The van der Waals surface area contributed by atoms with E-state index in [-0.39, 0.29) is 24.5 Å². The van der Waals surface area contributed by atoms with Gasteiger partial charge in [-0.1, -0.05) is 47.3 Å². The molecule has 3 rings (SSSR count). The van der Waals surface area contributed by atoms with Crippen molar-refractivity contribution in [3.8, 4) is 5.75 Å². The van der Waals surface area contributed by atoms with Gasteiger partial charge in [0.25, 0.3) is 11.8 Å². The Morgan fingerprint density at radius 3 is 2.44 bits per heavy atom. The molecule has 2 N–H and O–H groups in total. The molecule has 2 aromatic rings. The van der Waals surface area contributed by atoms with Gasteiger partial charge in [-0.25, -0.2) is 0 Å². The summed E-state index contributed by atoms with van der Waals surface area (Å²) in [7, 11) is 0. The van der Waals surface area contributed by atoms with Crippen LogP contribution in [-0.4, -0.2) is 24.5 Å². The van der Waals surface area contributed by atoms with E-state index in [0.717, 1.165) is 30.2 Å². The molecular weight excluding hydrogens is 408 g/mol. The normalized spacial score (nSPS) is 14.4. The largest absolute Gasteiger partial charge is 0.484 e. The third kappa shape index (κ3) is 5.82. The summed E-state index contributed by atoms with van der Waals surface area (Å²) in [4.78, 5) is 24.9. The second kappa shape index (κ2) is 9.55. The van der Waals surface area contributed by atoms with E-state index in [1.807, 2.05) is 12.1 Å². The van der Waals surface area contributed by atoms with Crippen molar-refractivity contribution in [1.29, 1.82) is 0 Å². The molecule has 6 heteroatoms. The predicted molar refractivity (Wildman–Crippen MR) is 109 cm³/mol. The van der Waals surface area contributed by atoms with Crippen LogP contribution in [0.2, 0.25) is 0 Å².